The Labute approximate surface area is 159 Å². The van der Waals surface area contributed by atoms with E-state index >= 15 is 0 Å². The van der Waals surface area contributed by atoms with Gasteiger partial charge in [-0.1, -0.05) is 24.8 Å². The van der Waals surface area contributed by atoms with Gasteiger partial charge in [0.1, 0.15) is 23.2 Å². The molecule has 7 nitrogen and oxygen atoms in total. The van der Waals surface area contributed by atoms with Crippen molar-refractivity contribution in [2.75, 3.05) is 7.11 Å². The standard InChI is InChI=1S/C21H16N2O5/c1-12-16(19(24)23(2)20(25)17(12)11-22)10-13-8-9-18(28-13)14-6-4-5-7-15(14)21(26)27-3/h4-10,25H,1H2,2-3H3. The van der Waals surface area contributed by atoms with Crippen LogP contribution in [0, 0.1) is 11.3 Å². The molecular weight excluding hydrogens is 360 g/mol. The van der Waals surface area contributed by atoms with Crippen molar-refractivity contribution >= 4 is 18.6 Å². The predicted molar refractivity (Wildman–Crippen MR) is 102 cm³/mol. The molecule has 3 aromatic rings. The third kappa shape index (κ3) is 3.08. The number of hydrogen-bond donors (Lipinski definition) is 1. The summed E-state index contributed by atoms with van der Waals surface area (Å²) in [6.07, 6.45) is 1.44. The van der Waals surface area contributed by atoms with Crippen LogP contribution in [0.2, 0.25) is 0 Å². The number of carbonyl (C=O) groups excluding carboxylic acids is 1. The SMILES string of the molecule is C=c1c(C#N)c(O)n(C)c(=O)c1=Cc1ccc(-c2ccccc2C(=O)OC)o1. The zero-order chi connectivity index (χ0) is 20.4. The number of nitrogens with zero attached hydrogens (tertiary/aromatic N) is 2. The summed E-state index contributed by atoms with van der Waals surface area (Å²) in [6, 6.07) is 11.9. The zero-order valence-electron chi connectivity index (χ0n) is 15.2. The van der Waals surface area contributed by atoms with Crippen LogP contribution in [0.4, 0.5) is 0 Å². The van der Waals surface area contributed by atoms with E-state index in [0.29, 0.717) is 22.6 Å². The molecule has 1 N–H and O–H groups in total. The maximum atomic E-state index is 12.5. The first kappa shape index (κ1) is 18.7. The van der Waals surface area contributed by atoms with Crippen LogP contribution in [0.5, 0.6) is 5.88 Å². The van der Waals surface area contributed by atoms with Gasteiger partial charge in [0, 0.05) is 17.8 Å². The van der Waals surface area contributed by atoms with Crippen molar-refractivity contribution in [3.05, 3.63) is 74.1 Å². The number of furan rings is 1. The molecule has 2 heterocycles. The molecule has 0 bridgehead atoms. The minimum absolute atomic E-state index is 0.0869. The largest absolute Gasteiger partial charge is 0.493 e. The van der Waals surface area contributed by atoms with Crippen molar-refractivity contribution in [2.24, 2.45) is 7.05 Å². The third-order valence-electron chi connectivity index (χ3n) is 4.33. The summed E-state index contributed by atoms with van der Waals surface area (Å²) >= 11 is 0. The summed E-state index contributed by atoms with van der Waals surface area (Å²) < 4.78 is 11.5. The fourth-order valence-electron chi connectivity index (χ4n) is 2.81. The van der Waals surface area contributed by atoms with Gasteiger partial charge in [0.15, 0.2) is 0 Å². The van der Waals surface area contributed by atoms with Crippen molar-refractivity contribution < 1.29 is 19.1 Å². The molecule has 0 saturated heterocycles. The molecule has 0 fully saturated rings. The maximum absolute atomic E-state index is 12.5. The van der Waals surface area contributed by atoms with Crippen molar-refractivity contribution in [1.82, 2.24) is 4.57 Å². The highest BCUT2D eigenvalue weighted by molar-refractivity contribution is 5.96. The molecule has 0 aliphatic heterocycles. The molecule has 0 aliphatic rings. The molecule has 28 heavy (non-hydrogen) atoms. The average molecular weight is 376 g/mol. The molecule has 0 saturated carbocycles. The van der Waals surface area contributed by atoms with Crippen LogP contribution in [0.1, 0.15) is 21.7 Å². The Bertz CT molecular complexity index is 1290. The van der Waals surface area contributed by atoms with E-state index in [-0.39, 0.29) is 16.0 Å². The second kappa shape index (κ2) is 7.29. The van der Waals surface area contributed by atoms with Gasteiger partial charge in [-0.05, 0) is 24.3 Å². The fourth-order valence-corrected chi connectivity index (χ4v) is 2.81. The lowest BCUT2D eigenvalue weighted by Gasteiger charge is -2.05. The van der Waals surface area contributed by atoms with E-state index in [1.807, 2.05) is 6.07 Å². The molecular formula is C21H16N2O5. The Hall–Kier alpha value is -4.05. The Morgan fingerprint density at radius 3 is 2.71 bits per heavy atom. The number of benzene rings is 1. The first-order valence-electron chi connectivity index (χ1n) is 8.19. The topological polar surface area (TPSA) is 105 Å². The summed E-state index contributed by atoms with van der Waals surface area (Å²) in [7, 11) is 2.65. The predicted octanol–water partition coefficient (Wildman–Crippen LogP) is 1.25. The number of aromatic nitrogens is 1. The van der Waals surface area contributed by atoms with Crippen LogP contribution in [-0.4, -0.2) is 22.8 Å². The number of carbonyl (C=O) groups is 1. The van der Waals surface area contributed by atoms with Gasteiger partial charge in [0.05, 0.1) is 17.9 Å². The number of pyridine rings is 1. The molecule has 140 valence electrons. The highest BCUT2D eigenvalue weighted by Crippen LogP contribution is 2.26. The Kier molecular flexibility index (Phi) is 4.88. The highest BCUT2D eigenvalue weighted by atomic mass is 16.5. The average Bonchev–Trinajstić information content (AvgIpc) is 3.18. The first-order valence-corrected chi connectivity index (χ1v) is 8.19. The van der Waals surface area contributed by atoms with Crippen molar-refractivity contribution in [1.29, 1.82) is 5.26 Å². The Morgan fingerprint density at radius 2 is 2.04 bits per heavy atom. The molecule has 2 aromatic heterocycles. The molecule has 7 heteroatoms. The van der Waals surface area contributed by atoms with Crippen LogP contribution < -0.4 is 16.0 Å². The molecule has 0 spiro atoms. The number of methoxy groups -OCH3 is 1. The number of esters is 1. The van der Waals surface area contributed by atoms with Gasteiger partial charge < -0.3 is 14.3 Å². The van der Waals surface area contributed by atoms with Crippen molar-refractivity contribution in [3.8, 4) is 23.3 Å². The molecule has 0 radical (unpaired) electrons. The summed E-state index contributed by atoms with van der Waals surface area (Å²) in [5.41, 5.74) is 0.279. The molecule has 0 amide bonds. The summed E-state index contributed by atoms with van der Waals surface area (Å²) in [5.74, 6) is -0.203. The van der Waals surface area contributed by atoms with Crippen LogP contribution in [0.3, 0.4) is 0 Å². The second-order valence-electron chi connectivity index (χ2n) is 5.95. The maximum Gasteiger partial charge on any atom is 0.338 e. The monoisotopic (exact) mass is 376 g/mol. The van der Waals surface area contributed by atoms with E-state index in [1.165, 1.54) is 20.2 Å². The molecule has 0 aliphatic carbocycles. The molecule has 0 unspecified atom stereocenters. The quantitative estimate of drug-likeness (QED) is 0.690. The van der Waals surface area contributed by atoms with E-state index in [0.717, 1.165) is 4.57 Å². The minimum atomic E-state index is -0.519. The van der Waals surface area contributed by atoms with Gasteiger partial charge in [-0.25, -0.2) is 4.79 Å². The van der Waals surface area contributed by atoms with Crippen LogP contribution in [0.25, 0.3) is 24.0 Å². The summed E-state index contributed by atoms with van der Waals surface area (Å²) in [6.45, 7) is 3.73. The van der Waals surface area contributed by atoms with Crippen molar-refractivity contribution in [2.45, 2.75) is 0 Å². The molecule has 3 rings (SSSR count). The minimum Gasteiger partial charge on any atom is -0.493 e. The van der Waals surface area contributed by atoms with Crippen molar-refractivity contribution in [3.63, 3.8) is 0 Å². The molecule has 1 aromatic carbocycles. The number of aromatic hydroxyl groups is 1. The lowest BCUT2D eigenvalue weighted by atomic mass is 10.1. The van der Waals surface area contributed by atoms with Gasteiger partial charge >= 0.3 is 5.97 Å². The summed E-state index contributed by atoms with van der Waals surface area (Å²) in [5, 5.41) is 19.4. The van der Waals surface area contributed by atoms with Crippen LogP contribution >= 0.6 is 0 Å². The first-order chi connectivity index (χ1) is 13.4. The van der Waals surface area contributed by atoms with Crippen LogP contribution in [-0.2, 0) is 11.8 Å². The Balaban J connectivity index is 2.18. The van der Waals surface area contributed by atoms with E-state index in [2.05, 4.69) is 6.58 Å². The van der Waals surface area contributed by atoms with E-state index in [1.54, 1.807) is 36.4 Å². The lowest BCUT2D eigenvalue weighted by molar-refractivity contribution is 0.0601. The van der Waals surface area contributed by atoms with Gasteiger partial charge in [-0.2, -0.15) is 5.26 Å². The van der Waals surface area contributed by atoms with Gasteiger partial charge in [-0.15, -0.1) is 0 Å². The number of hydrogen-bond acceptors (Lipinski definition) is 6. The number of rotatable bonds is 3. The zero-order valence-corrected chi connectivity index (χ0v) is 15.2. The van der Waals surface area contributed by atoms with Gasteiger partial charge in [0.2, 0.25) is 5.88 Å². The number of ether oxygens (including phenoxy) is 1. The summed E-state index contributed by atoms with van der Waals surface area (Å²) in [4.78, 5) is 24.4. The normalized spacial score (nSPS) is 11.2. The fraction of sp³-hybridized carbons (Fsp3) is 0.0952. The lowest BCUT2D eigenvalue weighted by Crippen LogP contribution is -2.45. The van der Waals surface area contributed by atoms with E-state index < -0.39 is 17.4 Å². The third-order valence-corrected chi connectivity index (χ3v) is 4.33. The van der Waals surface area contributed by atoms with Gasteiger partial charge in [-0.3, -0.25) is 9.36 Å². The van der Waals surface area contributed by atoms with E-state index in [9.17, 15) is 20.0 Å². The Morgan fingerprint density at radius 1 is 1.32 bits per heavy atom. The smallest absolute Gasteiger partial charge is 0.338 e. The van der Waals surface area contributed by atoms with Crippen LogP contribution in [0.15, 0.2) is 45.6 Å². The number of nitriles is 1. The second-order valence-corrected chi connectivity index (χ2v) is 5.95. The molecule has 0 atom stereocenters. The van der Waals surface area contributed by atoms with E-state index in [4.69, 9.17) is 9.15 Å². The highest BCUT2D eigenvalue weighted by Gasteiger charge is 2.15. The van der Waals surface area contributed by atoms with Gasteiger partial charge in [0.25, 0.3) is 5.56 Å².